The number of hydrogen-bond donors (Lipinski definition) is 1. The highest BCUT2D eigenvalue weighted by atomic mass is 19.1. The molecule has 0 fully saturated rings. The number of rotatable bonds is 3. The van der Waals surface area contributed by atoms with E-state index in [2.05, 4.69) is 4.98 Å². The summed E-state index contributed by atoms with van der Waals surface area (Å²) in [5.74, 6) is 0.937. The molecular weight excluding hydrogens is 369 g/mol. The van der Waals surface area contributed by atoms with Crippen molar-refractivity contribution in [3.8, 4) is 22.6 Å². The lowest BCUT2D eigenvalue weighted by Crippen LogP contribution is -2.18. The summed E-state index contributed by atoms with van der Waals surface area (Å²) in [7, 11) is 0. The third kappa shape index (κ3) is 3.25. The van der Waals surface area contributed by atoms with Gasteiger partial charge in [0.25, 0.3) is 5.56 Å². The number of fused-ring (bicyclic) bond motifs is 2. The number of benzene rings is 3. The molecule has 0 saturated carbocycles. The first kappa shape index (κ1) is 17.5. The van der Waals surface area contributed by atoms with Gasteiger partial charge in [-0.1, -0.05) is 42.5 Å². The zero-order valence-electron chi connectivity index (χ0n) is 15.6. The molecule has 144 valence electrons. The van der Waals surface area contributed by atoms with Crippen LogP contribution in [-0.2, 0) is 6.42 Å². The second-order valence-corrected chi connectivity index (χ2v) is 7.02. The molecule has 4 nitrogen and oxygen atoms in total. The molecule has 1 N–H and O–H groups in total. The molecule has 3 aromatic carbocycles. The van der Waals surface area contributed by atoms with Gasteiger partial charge in [-0.3, -0.25) is 4.79 Å². The predicted molar refractivity (Wildman–Crippen MR) is 110 cm³/mol. The van der Waals surface area contributed by atoms with E-state index >= 15 is 0 Å². The number of aromatic amines is 1. The van der Waals surface area contributed by atoms with Gasteiger partial charge in [0.1, 0.15) is 19.0 Å². The molecule has 1 aromatic heterocycles. The van der Waals surface area contributed by atoms with Gasteiger partial charge in [0.2, 0.25) is 0 Å². The van der Waals surface area contributed by atoms with Crippen molar-refractivity contribution in [3.05, 3.63) is 94.0 Å². The first-order valence-corrected chi connectivity index (χ1v) is 9.47. The van der Waals surface area contributed by atoms with Gasteiger partial charge in [-0.25, -0.2) is 4.39 Å². The lowest BCUT2D eigenvalue weighted by atomic mass is 9.92. The molecule has 0 bridgehead atoms. The number of ether oxygens (including phenoxy) is 2. The average molecular weight is 387 g/mol. The van der Waals surface area contributed by atoms with Gasteiger partial charge in [-0.15, -0.1) is 0 Å². The van der Waals surface area contributed by atoms with E-state index in [1.807, 2.05) is 36.4 Å². The molecule has 0 atom stereocenters. The largest absolute Gasteiger partial charge is 0.486 e. The average Bonchev–Trinajstić information content (AvgIpc) is 2.75. The van der Waals surface area contributed by atoms with Crippen molar-refractivity contribution < 1.29 is 13.9 Å². The summed E-state index contributed by atoms with van der Waals surface area (Å²) in [6.45, 7) is 0.949. The fraction of sp³-hybridized carbons (Fsp3) is 0.125. The number of halogens is 1. The quantitative estimate of drug-likeness (QED) is 0.555. The van der Waals surface area contributed by atoms with E-state index in [0.717, 1.165) is 22.1 Å². The van der Waals surface area contributed by atoms with E-state index in [9.17, 15) is 9.18 Å². The van der Waals surface area contributed by atoms with E-state index in [1.54, 1.807) is 18.2 Å². The molecule has 1 aliphatic rings. The summed E-state index contributed by atoms with van der Waals surface area (Å²) in [4.78, 5) is 16.1. The van der Waals surface area contributed by atoms with Crippen molar-refractivity contribution >= 4 is 10.9 Å². The van der Waals surface area contributed by atoms with Crippen LogP contribution in [0.1, 0.15) is 11.1 Å². The van der Waals surface area contributed by atoms with Gasteiger partial charge in [-0.2, -0.15) is 0 Å². The van der Waals surface area contributed by atoms with E-state index in [0.29, 0.717) is 42.2 Å². The summed E-state index contributed by atoms with van der Waals surface area (Å²) < 4.78 is 25.0. The summed E-state index contributed by atoms with van der Waals surface area (Å²) in [5.41, 5.74) is 3.72. The molecule has 5 heteroatoms. The third-order valence-electron chi connectivity index (χ3n) is 5.13. The first-order chi connectivity index (χ1) is 14.2. The fourth-order valence-corrected chi connectivity index (χ4v) is 3.79. The molecular formula is C24H18FNO3. The van der Waals surface area contributed by atoms with Crippen LogP contribution in [0.4, 0.5) is 4.39 Å². The topological polar surface area (TPSA) is 51.3 Å². The van der Waals surface area contributed by atoms with Gasteiger partial charge in [0.05, 0.1) is 5.52 Å². The van der Waals surface area contributed by atoms with E-state index < -0.39 is 0 Å². The standard InChI is InChI=1S/C24H18FNO3/c25-17-8-6-16(7-9-17)23-18-13-21-22(29-11-10-28-21)14-20(18)26-24(27)19(23)12-15-4-2-1-3-5-15/h1-9,13-14H,10-12H2,(H,26,27). The number of nitrogens with one attached hydrogen (secondary N) is 1. The van der Waals surface area contributed by atoms with Crippen LogP contribution in [-0.4, -0.2) is 18.2 Å². The van der Waals surface area contributed by atoms with Crippen molar-refractivity contribution in [1.29, 1.82) is 0 Å². The zero-order valence-corrected chi connectivity index (χ0v) is 15.6. The van der Waals surface area contributed by atoms with Crippen LogP contribution in [0.15, 0.2) is 71.5 Å². The monoisotopic (exact) mass is 387 g/mol. The summed E-state index contributed by atoms with van der Waals surface area (Å²) in [5, 5.41) is 0.839. The molecule has 0 aliphatic carbocycles. The third-order valence-corrected chi connectivity index (χ3v) is 5.13. The minimum absolute atomic E-state index is 0.169. The molecule has 0 spiro atoms. The molecule has 29 heavy (non-hydrogen) atoms. The minimum atomic E-state index is -0.318. The second-order valence-electron chi connectivity index (χ2n) is 7.02. The summed E-state index contributed by atoms with van der Waals surface area (Å²) in [6.07, 6.45) is 0.466. The van der Waals surface area contributed by atoms with Crippen LogP contribution in [0, 0.1) is 5.82 Å². The normalized spacial score (nSPS) is 12.9. The molecule has 0 saturated heterocycles. The Hall–Kier alpha value is -3.60. The van der Waals surface area contributed by atoms with Crippen LogP contribution in [0.3, 0.4) is 0 Å². The first-order valence-electron chi connectivity index (χ1n) is 9.47. The second kappa shape index (κ2) is 7.09. The lowest BCUT2D eigenvalue weighted by molar-refractivity contribution is 0.172. The van der Waals surface area contributed by atoms with Gasteiger partial charge >= 0.3 is 0 Å². The Balaban J connectivity index is 1.80. The van der Waals surface area contributed by atoms with E-state index in [1.165, 1.54) is 12.1 Å². The number of hydrogen-bond acceptors (Lipinski definition) is 3. The SMILES string of the molecule is O=c1[nH]c2cc3c(cc2c(-c2ccc(F)cc2)c1Cc1ccccc1)OCCO3. The molecule has 2 heterocycles. The van der Waals surface area contributed by atoms with Crippen molar-refractivity contribution in [2.24, 2.45) is 0 Å². The zero-order chi connectivity index (χ0) is 19.8. The fourth-order valence-electron chi connectivity index (χ4n) is 3.79. The van der Waals surface area contributed by atoms with Crippen LogP contribution in [0.2, 0.25) is 0 Å². The Morgan fingerprint density at radius 3 is 2.31 bits per heavy atom. The molecule has 0 unspecified atom stereocenters. The van der Waals surface area contributed by atoms with E-state index in [-0.39, 0.29) is 11.4 Å². The number of aromatic nitrogens is 1. The molecule has 0 amide bonds. The Bertz CT molecular complexity index is 1250. The molecule has 1 aliphatic heterocycles. The van der Waals surface area contributed by atoms with Crippen molar-refractivity contribution in [1.82, 2.24) is 4.98 Å². The smallest absolute Gasteiger partial charge is 0.252 e. The highest BCUT2D eigenvalue weighted by Crippen LogP contribution is 2.38. The maximum atomic E-state index is 13.6. The van der Waals surface area contributed by atoms with Crippen LogP contribution >= 0.6 is 0 Å². The Morgan fingerprint density at radius 2 is 1.59 bits per heavy atom. The number of H-pyrrole nitrogens is 1. The van der Waals surface area contributed by atoms with Gasteiger partial charge in [0, 0.05) is 29.0 Å². The summed E-state index contributed by atoms with van der Waals surface area (Å²) >= 11 is 0. The van der Waals surface area contributed by atoms with Gasteiger partial charge < -0.3 is 14.5 Å². The van der Waals surface area contributed by atoms with Crippen molar-refractivity contribution in [2.45, 2.75) is 6.42 Å². The molecule has 0 radical (unpaired) electrons. The summed E-state index contributed by atoms with van der Waals surface area (Å²) in [6, 6.07) is 19.7. The Labute approximate surface area is 166 Å². The highest BCUT2D eigenvalue weighted by molar-refractivity contribution is 5.98. The molecule has 5 rings (SSSR count). The van der Waals surface area contributed by atoms with Crippen molar-refractivity contribution in [2.75, 3.05) is 13.2 Å². The maximum Gasteiger partial charge on any atom is 0.252 e. The van der Waals surface area contributed by atoms with Gasteiger partial charge in [-0.05, 0) is 29.3 Å². The predicted octanol–water partition coefficient (Wildman–Crippen LogP) is 4.70. The van der Waals surface area contributed by atoms with Crippen LogP contribution in [0.25, 0.3) is 22.0 Å². The molecule has 4 aromatic rings. The van der Waals surface area contributed by atoms with E-state index in [4.69, 9.17) is 9.47 Å². The number of pyridine rings is 1. The van der Waals surface area contributed by atoms with Gasteiger partial charge in [0.15, 0.2) is 11.5 Å². The van der Waals surface area contributed by atoms with Crippen LogP contribution < -0.4 is 15.0 Å². The van der Waals surface area contributed by atoms with Crippen LogP contribution in [0.5, 0.6) is 11.5 Å². The van der Waals surface area contributed by atoms with Crippen molar-refractivity contribution in [3.63, 3.8) is 0 Å². The maximum absolute atomic E-state index is 13.6. The Kier molecular flexibility index (Phi) is 4.28. The lowest BCUT2D eigenvalue weighted by Gasteiger charge is -2.20. The highest BCUT2D eigenvalue weighted by Gasteiger charge is 2.19. The Morgan fingerprint density at radius 1 is 0.897 bits per heavy atom. The minimum Gasteiger partial charge on any atom is -0.486 e.